The highest BCUT2D eigenvalue weighted by Crippen LogP contribution is 2.46. The number of carboxylic acids is 2. The number of aromatic carboxylic acids is 2. The monoisotopic (exact) mass is 722 g/mol. The number of fused-ring (bicyclic) bond motifs is 4. The first-order valence-electron chi connectivity index (χ1n) is 15.3. The Hall–Kier alpha value is -4.83. The van der Waals surface area contributed by atoms with E-state index in [1.165, 1.54) is 6.07 Å². The largest absolute Gasteiger partial charge is 0.545 e. The fourth-order valence-electron chi connectivity index (χ4n) is 6.84. The van der Waals surface area contributed by atoms with Crippen LogP contribution in [0, 0.1) is 0 Å². The van der Waals surface area contributed by atoms with E-state index in [2.05, 4.69) is 0 Å². The molecule has 0 unspecified atom stereocenters. The zero-order valence-corrected chi connectivity index (χ0v) is 29.6. The smallest absolute Gasteiger partial charge is 0.336 e. The quantitative estimate of drug-likeness (QED) is 0.185. The van der Waals surface area contributed by atoms with Gasteiger partial charge in [-0.1, -0.05) is 12.1 Å². The van der Waals surface area contributed by atoms with E-state index < -0.39 is 54.8 Å². The first-order chi connectivity index (χ1) is 23.0. The van der Waals surface area contributed by atoms with E-state index in [0.29, 0.717) is 22.2 Å². The van der Waals surface area contributed by atoms with Crippen LogP contribution in [0.2, 0.25) is 0 Å². The number of hydrogen-bond acceptors (Lipinski definition) is 9. The number of likely N-dealkylation sites (N-methyl/N-ethyl adjacent to an activating group) is 2. The van der Waals surface area contributed by atoms with Gasteiger partial charge in [-0.3, -0.25) is 9.11 Å². The van der Waals surface area contributed by atoms with Crippen LogP contribution in [0.5, 0.6) is 11.5 Å². The molecule has 3 N–H and O–H groups in total. The molecule has 0 aromatic heterocycles. The number of anilines is 1. The Bertz CT molecular complexity index is 2490. The van der Waals surface area contributed by atoms with Crippen molar-refractivity contribution in [3.8, 4) is 11.5 Å². The molecule has 0 bridgehead atoms. The summed E-state index contributed by atoms with van der Waals surface area (Å²) in [5.41, 5.74) is 0.335. The Morgan fingerprint density at radius 1 is 0.840 bits per heavy atom. The number of ether oxygens (including phenoxy) is 1. The molecule has 0 fully saturated rings. The number of nitrogens with zero attached hydrogens (tertiary/aromatic N) is 2. The normalized spacial score (nSPS) is 17.4. The molecule has 3 aromatic carbocycles. The van der Waals surface area contributed by atoms with Crippen LogP contribution in [0.4, 0.5) is 5.69 Å². The van der Waals surface area contributed by atoms with E-state index in [0.717, 1.165) is 12.1 Å². The van der Waals surface area contributed by atoms with E-state index in [1.54, 1.807) is 50.5 Å². The molecule has 3 aliphatic heterocycles. The molecule has 3 aromatic rings. The van der Waals surface area contributed by atoms with E-state index in [1.807, 2.05) is 37.2 Å². The van der Waals surface area contributed by atoms with Gasteiger partial charge in [-0.15, -0.1) is 0 Å². The molecule has 50 heavy (non-hydrogen) atoms. The van der Waals surface area contributed by atoms with Crippen LogP contribution in [0.1, 0.15) is 70.7 Å². The van der Waals surface area contributed by atoms with Crippen molar-refractivity contribution in [2.24, 2.45) is 0 Å². The molecule has 0 amide bonds. The van der Waals surface area contributed by atoms with Crippen molar-refractivity contribution in [3.05, 3.63) is 98.6 Å². The lowest BCUT2D eigenvalue weighted by Gasteiger charge is -2.41. The third-order valence-corrected chi connectivity index (χ3v) is 10.9. The van der Waals surface area contributed by atoms with Crippen LogP contribution < -0.4 is 29.9 Å². The Morgan fingerprint density at radius 3 is 2.04 bits per heavy atom. The van der Waals surface area contributed by atoms with Gasteiger partial charge in [0.05, 0.1) is 28.7 Å². The third-order valence-electron chi connectivity index (χ3n) is 9.58. The number of hydrogen-bond donors (Lipinski definition) is 3. The average Bonchev–Trinajstić information content (AvgIpc) is 2.97. The number of rotatable bonds is 7. The lowest BCUT2D eigenvalue weighted by atomic mass is 9.83. The molecule has 0 radical (unpaired) electrons. The summed E-state index contributed by atoms with van der Waals surface area (Å²) in [5.74, 6) is -3.89. The van der Waals surface area contributed by atoms with Gasteiger partial charge < -0.3 is 24.6 Å². The van der Waals surface area contributed by atoms with Crippen LogP contribution in [-0.2, 0) is 20.2 Å². The van der Waals surface area contributed by atoms with Crippen molar-refractivity contribution in [2.45, 2.75) is 38.8 Å². The highest BCUT2D eigenvalue weighted by molar-refractivity contribution is 7.86. The highest BCUT2D eigenvalue weighted by atomic mass is 32.2. The van der Waals surface area contributed by atoms with E-state index in [9.17, 15) is 45.7 Å². The molecule has 13 nitrogen and oxygen atoms in total. The number of carbonyl (C=O) groups excluding carboxylic acids is 1. The van der Waals surface area contributed by atoms with Crippen molar-refractivity contribution in [1.82, 2.24) is 4.58 Å². The van der Waals surface area contributed by atoms with Gasteiger partial charge in [-0.2, -0.15) is 16.8 Å². The summed E-state index contributed by atoms with van der Waals surface area (Å²) in [6, 6.07) is 9.97. The van der Waals surface area contributed by atoms with E-state index >= 15 is 0 Å². The maximum absolute atomic E-state index is 12.7. The fraction of sp³-hybridized carbons (Fsp3) is 0.286. The van der Waals surface area contributed by atoms with Gasteiger partial charge in [-0.25, -0.2) is 9.37 Å². The number of benzene rings is 3. The van der Waals surface area contributed by atoms with Crippen molar-refractivity contribution in [1.29, 1.82) is 0 Å². The Balaban J connectivity index is 1.80. The van der Waals surface area contributed by atoms with Gasteiger partial charge in [-0.05, 0) is 66.5 Å². The maximum Gasteiger partial charge on any atom is 0.336 e. The molecule has 0 aliphatic carbocycles. The molecule has 15 heteroatoms. The molecule has 6 rings (SSSR count). The maximum atomic E-state index is 12.7. The second-order valence-corrected chi connectivity index (χ2v) is 16.7. The van der Waals surface area contributed by atoms with E-state index in [4.69, 9.17) is 4.74 Å². The Kier molecular flexibility index (Phi) is 7.95. The summed E-state index contributed by atoms with van der Waals surface area (Å²) < 4.78 is 76.9. The highest BCUT2D eigenvalue weighted by Gasteiger charge is 2.37. The molecular weight excluding hydrogens is 689 g/mol. The lowest BCUT2D eigenvalue weighted by Crippen LogP contribution is -2.47. The van der Waals surface area contributed by atoms with Crippen molar-refractivity contribution >= 4 is 54.6 Å². The molecule has 0 spiro atoms. The van der Waals surface area contributed by atoms with Crippen LogP contribution in [0.15, 0.2) is 54.6 Å². The zero-order chi connectivity index (χ0) is 36.9. The Morgan fingerprint density at radius 2 is 1.46 bits per heavy atom. The van der Waals surface area contributed by atoms with Gasteiger partial charge in [0, 0.05) is 54.6 Å². The van der Waals surface area contributed by atoms with Crippen molar-refractivity contribution in [3.63, 3.8) is 0 Å². The molecule has 3 aliphatic rings. The molecule has 0 saturated heterocycles. The van der Waals surface area contributed by atoms with Crippen LogP contribution >= 0.6 is 0 Å². The first kappa shape index (κ1) is 35.0. The summed E-state index contributed by atoms with van der Waals surface area (Å²) in [7, 11) is -5.41. The minimum Gasteiger partial charge on any atom is -0.545 e. The fourth-order valence-corrected chi connectivity index (χ4v) is 8.10. The second-order valence-electron chi connectivity index (χ2n) is 13.8. The lowest BCUT2D eigenvalue weighted by molar-refractivity contribution is -0.255. The summed E-state index contributed by atoms with van der Waals surface area (Å²) in [5, 5.41) is 23.2. The van der Waals surface area contributed by atoms with Crippen LogP contribution in [0.3, 0.4) is 0 Å². The molecule has 3 heterocycles. The van der Waals surface area contributed by atoms with E-state index in [-0.39, 0.29) is 55.7 Å². The van der Waals surface area contributed by atoms with Gasteiger partial charge in [0.2, 0.25) is 5.36 Å². The summed E-state index contributed by atoms with van der Waals surface area (Å²) >= 11 is 0. The third kappa shape index (κ3) is 6.10. The average molecular weight is 723 g/mol. The standard InChI is InChI=1S/C35H34N2O11S2/c1-34(2)14-19(16-49(42,43)44)22-10-25-29(12-27(22)36(34)5)48-30-13-28-23(20(17-50(45,46)47)15-35(3,4)37(28)6)11-26(30)31(25)24-9-18(32(38)39)7-8-21(24)33(40)41/h7-15H,16-17H2,1-6H3,(H3-,38,39,40,41,42,43,44,45,46,47). The summed E-state index contributed by atoms with van der Waals surface area (Å²) in [6.45, 7) is 7.44. The number of carbonyl (C=O) groups is 2. The summed E-state index contributed by atoms with van der Waals surface area (Å²) in [4.78, 5) is 26.6. The number of carboxylic acid groups (broad SMARTS) is 2. The van der Waals surface area contributed by atoms with Gasteiger partial charge in [0.25, 0.3) is 20.2 Å². The Labute approximate surface area is 288 Å². The minimum absolute atomic E-state index is 0.0282. The van der Waals surface area contributed by atoms with Crippen molar-refractivity contribution < 1.29 is 50.5 Å². The zero-order valence-electron chi connectivity index (χ0n) is 27.9. The molecule has 0 atom stereocenters. The second kappa shape index (κ2) is 11.3. The molecule has 0 saturated carbocycles. The SMILES string of the molecule is CN1c2cc3c(cc2C(CS(=O)(=O)O)=CC1(C)C)C(c1cc(C(=O)[O-])ccc1C(=O)O)=c1cc2c(cc1O3)=[N+](C)C(C)(C)C=C2CS(=O)(=O)O. The minimum atomic E-state index is -4.50. The van der Waals surface area contributed by atoms with Crippen LogP contribution in [0.25, 0.3) is 16.7 Å². The topological polar surface area (TPSA) is 202 Å². The van der Waals surface area contributed by atoms with Gasteiger partial charge >= 0.3 is 5.97 Å². The van der Waals surface area contributed by atoms with Gasteiger partial charge in [0.1, 0.15) is 30.1 Å². The first-order valence-corrected chi connectivity index (χ1v) is 18.5. The predicted octanol–water partition coefficient (Wildman–Crippen LogP) is 1.79. The predicted molar refractivity (Wildman–Crippen MR) is 184 cm³/mol. The summed E-state index contributed by atoms with van der Waals surface area (Å²) in [6.07, 6.45) is 3.40. The molecule has 262 valence electrons. The molecular formula is C35H34N2O11S2. The van der Waals surface area contributed by atoms with Crippen molar-refractivity contribution in [2.75, 3.05) is 30.5 Å². The van der Waals surface area contributed by atoms with Gasteiger partial charge in [0.15, 0.2) is 5.54 Å². The van der Waals surface area contributed by atoms with Crippen LogP contribution in [-0.4, -0.2) is 79.7 Å².